The van der Waals surface area contributed by atoms with E-state index in [9.17, 15) is 9.59 Å². The first-order valence-electron chi connectivity index (χ1n) is 15.3. The van der Waals surface area contributed by atoms with E-state index in [0.29, 0.717) is 49.0 Å². The zero-order valence-electron chi connectivity index (χ0n) is 25.1. The molecule has 0 saturated carbocycles. The van der Waals surface area contributed by atoms with Gasteiger partial charge in [0.15, 0.2) is 41.5 Å². The van der Waals surface area contributed by atoms with Crippen molar-refractivity contribution in [1.82, 2.24) is 44.6 Å². The molecule has 2 fully saturated rings. The third-order valence-electron chi connectivity index (χ3n) is 8.02. The number of hydrogen-bond donors (Lipinski definition) is 2. The molecule has 2 saturated heterocycles. The first-order chi connectivity index (χ1) is 22.2. The number of likely N-dealkylation sites (tertiary alicyclic amines) is 1. The van der Waals surface area contributed by atoms with E-state index in [-0.39, 0.29) is 12.3 Å². The maximum Gasteiger partial charge on any atom is 0.293 e. The maximum atomic E-state index is 11.6. The third kappa shape index (κ3) is 6.86. The summed E-state index contributed by atoms with van der Waals surface area (Å²) in [5.41, 5.74) is 2.13. The number of nitrogens with one attached hydrogen (secondary N) is 2. The van der Waals surface area contributed by atoms with Gasteiger partial charge >= 0.3 is 0 Å². The number of piperidine rings is 1. The van der Waals surface area contributed by atoms with Crippen molar-refractivity contribution in [2.24, 2.45) is 0 Å². The molecule has 1 aromatic carbocycles. The lowest BCUT2D eigenvalue weighted by atomic mass is 10.1. The van der Waals surface area contributed by atoms with Crippen LogP contribution in [0.5, 0.6) is 0 Å². The minimum absolute atomic E-state index is 0.188. The topological polar surface area (TPSA) is 176 Å². The monoisotopic (exact) mass is 619 g/mol. The number of tetrazole rings is 1. The maximum absolute atomic E-state index is 11.6. The van der Waals surface area contributed by atoms with Gasteiger partial charge in [-0.15, -0.1) is 10.2 Å². The van der Waals surface area contributed by atoms with Crippen LogP contribution >= 0.6 is 0 Å². The van der Waals surface area contributed by atoms with E-state index in [1.54, 1.807) is 10.9 Å². The van der Waals surface area contributed by atoms with E-state index in [0.717, 1.165) is 26.1 Å². The van der Waals surface area contributed by atoms with Gasteiger partial charge in [-0.2, -0.15) is 14.8 Å². The summed E-state index contributed by atoms with van der Waals surface area (Å²) in [4.78, 5) is 41.2. The van der Waals surface area contributed by atoms with Crippen LogP contribution in [0.2, 0.25) is 0 Å². The highest BCUT2D eigenvalue weighted by Crippen LogP contribution is 2.42. The Balaban J connectivity index is 1.31. The molecule has 6 rings (SSSR count). The fourth-order valence-electron chi connectivity index (χ4n) is 5.78. The van der Waals surface area contributed by atoms with Crippen molar-refractivity contribution in [3.8, 4) is 0 Å². The van der Waals surface area contributed by atoms with Crippen LogP contribution in [0.15, 0.2) is 36.7 Å². The number of fused-ring (bicyclic) bond motifs is 1. The average Bonchev–Trinajstić information content (AvgIpc) is 3.80. The molecule has 0 amide bonds. The van der Waals surface area contributed by atoms with Gasteiger partial charge in [0, 0.05) is 19.6 Å². The number of benzene rings is 1. The summed E-state index contributed by atoms with van der Waals surface area (Å²) in [6, 6.07) is 10.2. The molecule has 2 aliphatic heterocycles. The molecule has 0 bridgehead atoms. The Labute approximate surface area is 259 Å². The Kier molecular flexibility index (Phi) is 9.70. The molecule has 16 heteroatoms. The van der Waals surface area contributed by atoms with Crippen LogP contribution in [0.25, 0.3) is 11.2 Å². The van der Waals surface area contributed by atoms with Crippen molar-refractivity contribution in [2.75, 3.05) is 43.4 Å². The SMILES string of the molecule is CCn1nnc([C@H]2O[C@@H](n3cnc4c(NCCc5ccccc5)nc(NCCN5CCCCC5)nc43)[C@H](OC=O)[C@@H]2OC=O)n1. The molecule has 16 nitrogen and oxygen atoms in total. The number of carbonyl (C=O) groups is 2. The first-order valence-corrected chi connectivity index (χ1v) is 15.3. The van der Waals surface area contributed by atoms with E-state index in [2.05, 4.69) is 48.1 Å². The molecule has 0 unspecified atom stereocenters. The largest absolute Gasteiger partial charge is 0.457 e. The predicted molar refractivity (Wildman–Crippen MR) is 161 cm³/mol. The van der Waals surface area contributed by atoms with Crippen molar-refractivity contribution in [3.63, 3.8) is 0 Å². The number of anilines is 2. The van der Waals surface area contributed by atoms with E-state index in [1.807, 2.05) is 25.1 Å². The lowest BCUT2D eigenvalue weighted by Gasteiger charge is -2.26. The van der Waals surface area contributed by atoms with E-state index < -0.39 is 24.5 Å². The molecule has 2 aliphatic rings. The number of aryl methyl sites for hydroxylation is 1. The van der Waals surface area contributed by atoms with Gasteiger partial charge < -0.3 is 29.7 Å². The summed E-state index contributed by atoms with van der Waals surface area (Å²) >= 11 is 0. The van der Waals surface area contributed by atoms with Crippen LogP contribution in [-0.4, -0.2) is 103 Å². The Morgan fingerprint density at radius 2 is 1.80 bits per heavy atom. The fourth-order valence-corrected chi connectivity index (χ4v) is 5.78. The molecule has 3 aromatic heterocycles. The quantitative estimate of drug-likeness (QED) is 0.184. The highest BCUT2D eigenvalue weighted by atomic mass is 16.6. The van der Waals surface area contributed by atoms with Gasteiger partial charge in [-0.05, 0) is 50.1 Å². The minimum Gasteiger partial charge on any atom is -0.457 e. The summed E-state index contributed by atoms with van der Waals surface area (Å²) < 4.78 is 18.8. The first kappa shape index (κ1) is 30.3. The summed E-state index contributed by atoms with van der Waals surface area (Å²) in [7, 11) is 0. The van der Waals surface area contributed by atoms with Crippen molar-refractivity contribution in [2.45, 2.75) is 63.7 Å². The van der Waals surface area contributed by atoms with Gasteiger partial charge in [0.05, 0.1) is 12.9 Å². The smallest absolute Gasteiger partial charge is 0.293 e. The van der Waals surface area contributed by atoms with Gasteiger partial charge in [0.25, 0.3) is 12.9 Å². The Hall–Kier alpha value is -4.70. The van der Waals surface area contributed by atoms with E-state index in [1.165, 1.54) is 29.6 Å². The number of nitrogens with zero attached hydrogens (tertiary/aromatic N) is 9. The number of carbonyl (C=O) groups excluding carboxylic acids is 2. The van der Waals surface area contributed by atoms with Crippen LogP contribution < -0.4 is 10.6 Å². The number of hydrogen-bond acceptors (Lipinski definition) is 14. The summed E-state index contributed by atoms with van der Waals surface area (Å²) in [5.74, 6) is 1.15. The highest BCUT2D eigenvalue weighted by Gasteiger charge is 2.52. The Morgan fingerprint density at radius 3 is 2.56 bits per heavy atom. The molecule has 45 heavy (non-hydrogen) atoms. The van der Waals surface area contributed by atoms with Gasteiger partial charge in [-0.1, -0.05) is 36.8 Å². The number of rotatable bonds is 15. The van der Waals surface area contributed by atoms with E-state index in [4.69, 9.17) is 24.2 Å². The van der Waals surface area contributed by atoms with Gasteiger partial charge in [0.1, 0.15) is 0 Å². The predicted octanol–water partition coefficient (Wildman–Crippen LogP) is 1.74. The molecule has 5 heterocycles. The van der Waals surface area contributed by atoms with Crippen LogP contribution in [0, 0.1) is 0 Å². The van der Waals surface area contributed by atoms with Crippen LogP contribution in [-0.2, 0) is 36.8 Å². The zero-order valence-corrected chi connectivity index (χ0v) is 25.1. The van der Waals surface area contributed by atoms with Crippen LogP contribution in [0.4, 0.5) is 11.8 Å². The highest BCUT2D eigenvalue weighted by molar-refractivity contribution is 5.84. The Bertz CT molecular complexity index is 1560. The third-order valence-corrected chi connectivity index (χ3v) is 8.02. The molecule has 4 atom stereocenters. The van der Waals surface area contributed by atoms with Crippen LogP contribution in [0.1, 0.15) is 49.9 Å². The normalized spacial score (nSPS) is 21.9. The van der Waals surface area contributed by atoms with E-state index >= 15 is 0 Å². The molecule has 0 aliphatic carbocycles. The fraction of sp³-hybridized carbons (Fsp3) is 0.517. The van der Waals surface area contributed by atoms with Gasteiger partial charge in [0.2, 0.25) is 11.8 Å². The zero-order chi connectivity index (χ0) is 31.0. The van der Waals surface area contributed by atoms with Crippen LogP contribution in [0.3, 0.4) is 0 Å². The van der Waals surface area contributed by atoms with Crippen molar-refractivity contribution in [3.05, 3.63) is 48.0 Å². The summed E-state index contributed by atoms with van der Waals surface area (Å²) in [6.07, 6.45) is 1.99. The minimum atomic E-state index is -1.05. The second kappa shape index (κ2) is 14.4. The Morgan fingerprint density at radius 1 is 1.00 bits per heavy atom. The second-order valence-corrected chi connectivity index (χ2v) is 10.9. The summed E-state index contributed by atoms with van der Waals surface area (Å²) in [5, 5.41) is 19.2. The molecular formula is C29H37N11O5. The molecule has 238 valence electrons. The second-order valence-electron chi connectivity index (χ2n) is 10.9. The molecule has 4 aromatic rings. The lowest BCUT2D eigenvalue weighted by Crippen LogP contribution is -2.34. The average molecular weight is 620 g/mol. The standard InChI is InChI=1S/C29H37N11O5/c1-2-40-36-26(35-37-40)23-22(43-18-41)24(44-19-42)28(45-23)39-17-32-21-25(30-12-11-20-9-5-3-6-10-20)33-29(34-27(21)39)31-13-16-38-14-7-4-8-15-38/h3,5-6,9-10,17-19,22-24,28H,2,4,7-8,11-16H2,1H3,(H2,30,31,33,34)/t22-,23+,24-,28-/m1/s1. The molecule has 0 radical (unpaired) electrons. The summed E-state index contributed by atoms with van der Waals surface area (Å²) in [6.45, 7) is 7.24. The molecule has 0 spiro atoms. The molecule has 2 N–H and O–H groups in total. The van der Waals surface area contributed by atoms with Crippen molar-refractivity contribution in [1.29, 1.82) is 0 Å². The van der Waals surface area contributed by atoms with Crippen molar-refractivity contribution < 1.29 is 23.8 Å². The van der Waals surface area contributed by atoms with Crippen molar-refractivity contribution >= 4 is 35.9 Å². The lowest BCUT2D eigenvalue weighted by molar-refractivity contribution is -0.151. The van der Waals surface area contributed by atoms with Gasteiger partial charge in [-0.25, -0.2) is 4.98 Å². The number of aromatic nitrogens is 8. The number of ether oxygens (including phenoxy) is 3. The van der Waals surface area contributed by atoms with Gasteiger partial charge in [-0.3, -0.25) is 14.2 Å². The number of imidazole rings is 1. The molecular weight excluding hydrogens is 582 g/mol.